The van der Waals surface area contributed by atoms with E-state index in [1.54, 1.807) is 12.1 Å². The molecule has 2 N–H and O–H groups in total. The largest absolute Gasteiger partial charge is 0.504 e. The number of nitrogens with zero attached hydrogens (tertiary/aromatic N) is 1. The molecule has 3 nitrogen and oxygen atoms in total. The Morgan fingerprint density at radius 3 is 2.47 bits per heavy atom. The lowest BCUT2D eigenvalue weighted by Gasteiger charge is -2.14. The molecule has 1 saturated heterocycles. The minimum absolute atomic E-state index is 0.0195. The summed E-state index contributed by atoms with van der Waals surface area (Å²) in [6, 6.07) is 5.06. The van der Waals surface area contributed by atoms with Crippen molar-refractivity contribution in [2.24, 2.45) is 0 Å². The van der Waals surface area contributed by atoms with Gasteiger partial charge in [-0.05, 0) is 50.0 Å². The molecule has 3 heteroatoms. The van der Waals surface area contributed by atoms with Crippen LogP contribution in [0.25, 0.3) is 0 Å². The molecular formula is C12H17NO2. The molecule has 0 amide bonds. The number of hydrogen-bond donors (Lipinski definition) is 2. The van der Waals surface area contributed by atoms with Crippen molar-refractivity contribution in [1.29, 1.82) is 0 Å². The van der Waals surface area contributed by atoms with Crippen LogP contribution in [0.1, 0.15) is 18.4 Å². The average molecular weight is 207 g/mol. The van der Waals surface area contributed by atoms with Crippen molar-refractivity contribution >= 4 is 0 Å². The van der Waals surface area contributed by atoms with Crippen LogP contribution in [0.15, 0.2) is 18.2 Å². The maximum Gasteiger partial charge on any atom is 0.157 e. The lowest BCUT2D eigenvalue weighted by atomic mass is 10.1. The van der Waals surface area contributed by atoms with Crippen molar-refractivity contribution in [2.75, 3.05) is 19.6 Å². The molecule has 1 fully saturated rings. The summed E-state index contributed by atoms with van der Waals surface area (Å²) >= 11 is 0. The summed E-state index contributed by atoms with van der Waals surface area (Å²) < 4.78 is 0. The Balaban J connectivity index is 1.90. The molecule has 1 aromatic rings. The molecule has 0 atom stereocenters. The van der Waals surface area contributed by atoms with Crippen molar-refractivity contribution < 1.29 is 10.2 Å². The second-order valence-corrected chi connectivity index (χ2v) is 4.12. The van der Waals surface area contributed by atoms with E-state index in [-0.39, 0.29) is 11.5 Å². The zero-order valence-corrected chi connectivity index (χ0v) is 8.82. The highest BCUT2D eigenvalue weighted by Gasteiger charge is 2.11. The molecule has 2 rings (SSSR count). The van der Waals surface area contributed by atoms with E-state index in [0.717, 1.165) is 18.5 Å². The van der Waals surface area contributed by atoms with E-state index in [4.69, 9.17) is 5.11 Å². The standard InChI is InChI=1S/C12H17NO2/c14-11-4-3-10(9-12(11)15)5-8-13-6-1-2-7-13/h3-4,9,14-15H,1-2,5-8H2. The van der Waals surface area contributed by atoms with Gasteiger partial charge in [-0.25, -0.2) is 0 Å². The molecule has 1 aromatic carbocycles. The van der Waals surface area contributed by atoms with E-state index >= 15 is 0 Å². The Labute approximate surface area is 90.0 Å². The van der Waals surface area contributed by atoms with E-state index in [2.05, 4.69) is 4.90 Å². The van der Waals surface area contributed by atoms with Crippen LogP contribution in [0.3, 0.4) is 0 Å². The summed E-state index contributed by atoms with van der Waals surface area (Å²) in [7, 11) is 0. The van der Waals surface area contributed by atoms with E-state index in [1.165, 1.54) is 25.9 Å². The zero-order chi connectivity index (χ0) is 10.7. The summed E-state index contributed by atoms with van der Waals surface area (Å²) in [6.07, 6.45) is 3.55. The van der Waals surface area contributed by atoms with Gasteiger partial charge in [-0.15, -0.1) is 0 Å². The van der Waals surface area contributed by atoms with Crippen molar-refractivity contribution in [1.82, 2.24) is 4.90 Å². The third-order valence-corrected chi connectivity index (χ3v) is 2.96. The average Bonchev–Trinajstić information content (AvgIpc) is 2.73. The third-order valence-electron chi connectivity index (χ3n) is 2.96. The fourth-order valence-corrected chi connectivity index (χ4v) is 2.02. The van der Waals surface area contributed by atoms with Crippen LogP contribution in [0.4, 0.5) is 0 Å². The highest BCUT2D eigenvalue weighted by Crippen LogP contribution is 2.25. The topological polar surface area (TPSA) is 43.7 Å². The molecule has 0 saturated carbocycles. The second-order valence-electron chi connectivity index (χ2n) is 4.12. The summed E-state index contributed by atoms with van der Waals surface area (Å²) in [5.74, 6) is -0.0613. The van der Waals surface area contributed by atoms with Crippen LogP contribution in [-0.4, -0.2) is 34.7 Å². The van der Waals surface area contributed by atoms with Crippen LogP contribution in [0, 0.1) is 0 Å². The Morgan fingerprint density at radius 1 is 1.07 bits per heavy atom. The molecule has 0 radical (unpaired) electrons. The Bertz CT molecular complexity index is 332. The van der Waals surface area contributed by atoms with E-state index < -0.39 is 0 Å². The first kappa shape index (κ1) is 10.3. The summed E-state index contributed by atoms with van der Waals surface area (Å²) in [5.41, 5.74) is 1.08. The molecule has 15 heavy (non-hydrogen) atoms. The predicted octanol–water partition coefficient (Wildman–Crippen LogP) is 1.74. The van der Waals surface area contributed by atoms with Gasteiger partial charge in [-0.3, -0.25) is 0 Å². The van der Waals surface area contributed by atoms with Gasteiger partial charge in [0.05, 0.1) is 0 Å². The first-order chi connectivity index (χ1) is 7.25. The summed E-state index contributed by atoms with van der Waals surface area (Å²) in [5, 5.41) is 18.5. The number of likely N-dealkylation sites (tertiary alicyclic amines) is 1. The molecule has 1 heterocycles. The van der Waals surface area contributed by atoms with E-state index in [9.17, 15) is 5.11 Å². The molecule has 0 bridgehead atoms. The lowest BCUT2D eigenvalue weighted by Crippen LogP contribution is -2.21. The maximum absolute atomic E-state index is 9.33. The number of aromatic hydroxyl groups is 2. The molecule has 0 spiro atoms. The maximum atomic E-state index is 9.33. The Morgan fingerprint density at radius 2 is 1.80 bits per heavy atom. The van der Waals surface area contributed by atoms with Crippen molar-refractivity contribution in [3.8, 4) is 11.5 Å². The highest BCUT2D eigenvalue weighted by atomic mass is 16.3. The van der Waals surface area contributed by atoms with Gasteiger partial charge >= 0.3 is 0 Å². The monoisotopic (exact) mass is 207 g/mol. The Hall–Kier alpha value is -1.22. The van der Waals surface area contributed by atoms with Crippen molar-refractivity contribution in [2.45, 2.75) is 19.3 Å². The quantitative estimate of drug-likeness (QED) is 0.742. The second kappa shape index (κ2) is 4.53. The van der Waals surface area contributed by atoms with E-state index in [0.29, 0.717) is 0 Å². The number of phenols is 2. The zero-order valence-electron chi connectivity index (χ0n) is 8.82. The minimum atomic E-state index is -0.0417. The van der Waals surface area contributed by atoms with Gasteiger partial charge in [-0.2, -0.15) is 0 Å². The molecular weight excluding hydrogens is 190 g/mol. The number of benzene rings is 1. The first-order valence-electron chi connectivity index (χ1n) is 5.49. The fraction of sp³-hybridized carbons (Fsp3) is 0.500. The Kier molecular flexibility index (Phi) is 3.11. The van der Waals surface area contributed by atoms with Gasteiger partial charge in [-0.1, -0.05) is 6.07 Å². The lowest BCUT2D eigenvalue weighted by molar-refractivity contribution is 0.343. The van der Waals surface area contributed by atoms with Crippen LogP contribution in [-0.2, 0) is 6.42 Å². The van der Waals surface area contributed by atoms with Gasteiger partial charge < -0.3 is 15.1 Å². The van der Waals surface area contributed by atoms with Crippen LogP contribution >= 0.6 is 0 Å². The SMILES string of the molecule is Oc1ccc(CCN2CCCC2)cc1O. The van der Waals surface area contributed by atoms with E-state index in [1.807, 2.05) is 6.07 Å². The van der Waals surface area contributed by atoms with Crippen LogP contribution in [0.2, 0.25) is 0 Å². The number of phenolic OH excluding ortho intramolecular Hbond substituents is 2. The van der Waals surface area contributed by atoms with Gasteiger partial charge in [0.15, 0.2) is 11.5 Å². The molecule has 0 unspecified atom stereocenters. The van der Waals surface area contributed by atoms with Gasteiger partial charge in [0.25, 0.3) is 0 Å². The number of rotatable bonds is 3. The summed E-state index contributed by atoms with van der Waals surface area (Å²) in [6.45, 7) is 3.44. The first-order valence-corrected chi connectivity index (χ1v) is 5.49. The fourth-order valence-electron chi connectivity index (χ4n) is 2.02. The molecule has 82 valence electrons. The van der Waals surface area contributed by atoms with Crippen LogP contribution < -0.4 is 0 Å². The minimum Gasteiger partial charge on any atom is -0.504 e. The molecule has 0 aromatic heterocycles. The van der Waals surface area contributed by atoms with Gasteiger partial charge in [0.2, 0.25) is 0 Å². The number of hydrogen-bond acceptors (Lipinski definition) is 3. The molecule has 1 aliphatic heterocycles. The van der Waals surface area contributed by atoms with Crippen LogP contribution in [0.5, 0.6) is 11.5 Å². The van der Waals surface area contributed by atoms with Crippen molar-refractivity contribution in [3.63, 3.8) is 0 Å². The highest BCUT2D eigenvalue weighted by molar-refractivity contribution is 5.40. The molecule has 0 aliphatic carbocycles. The normalized spacial score (nSPS) is 17.1. The van der Waals surface area contributed by atoms with Gasteiger partial charge in [0, 0.05) is 6.54 Å². The third kappa shape index (κ3) is 2.63. The predicted molar refractivity (Wildman–Crippen MR) is 59.1 cm³/mol. The van der Waals surface area contributed by atoms with Crippen molar-refractivity contribution in [3.05, 3.63) is 23.8 Å². The smallest absolute Gasteiger partial charge is 0.157 e. The van der Waals surface area contributed by atoms with Gasteiger partial charge in [0.1, 0.15) is 0 Å². The summed E-state index contributed by atoms with van der Waals surface area (Å²) in [4.78, 5) is 2.43. The molecule has 1 aliphatic rings.